The molecule has 0 aromatic heterocycles. The van der Waals surface area contributed by atoms with Crippen LogP contribution < -0.4 is 20.1 Å². The first kappa shape index (κ1) is 30.9. The van der Waals surface area contributed by atoms with Gasteiger partial charge in [-0.2, -0.15) is 0 Å². The fraction of sp³-hybridized carbons (Fsp3) is 0.750. The van der Waals surface area contributed by atoms with Gasteiger partial charge in [0, 0.05) is 88.6 Å². The molecule has 42 heavy (non-hydrogen) atoms. The van der Waals surface area contributed by atoms with Gasteiger partial charge in [-0.05, 0) is 76.0 Å². The van der Waals surface area contributed by atoms with Crippen LogP contribution in [0.2, 0.25) is 0 Å². The van der Waals surface area contributed by atoms with Crippen LogP contribution in [0.1, 0.15) is 62.7 Å². The maximum atomic E-state index is 13.9. The number of amides is 3. The Morgan fingerprint density at radius 3 is 2.60 bits per heavy atom. The third-order valence-corrected chi connectivity index (χ3v) is 9.59. The van der Waals surface area contributed by atoms with E-state index in [-0.39, 0.29) is 35.4 Å². The van der Waals surface area contributed by atoms with Gasteiger partial charge in [0.2, 0.25) is 0 Å². The van der Waals surface area contributed by atoms with Gasteiger partial charge in [0.05, 0.1) is 13.7 Å². The molecule has 3 amide bonds. The van der Waals surface area contributed by atoms with Crippen LogP contribution in [0.3, 0.4) is 0 Å². The molecule has 3 atom stereocenters. The Kier molecular flexibility index (Phi) is 10.2. The molecule has 1 aromatic carbocycles. The Morgan fingerprint density at radius 1 is 1.12 bits per heavy atom. The number of nitrogens with zero attached hydrogens (tertiary/aromatic N) is 2. The lowest BCUT2D eigenvalue weighted by Gasteiger charge is -2.34. The van der Waals surface area contributed by atoms with Crippen LogP contribution in [0.5, 0.6) is 11.5 Å². The number of methoxy groups -OCH3 is 2. The summed E-state index contributed by atoms with van der Waals surface area (Å²) in [6, 6.07) is 6.10. The van der Waals surface area contributed by atoms with E-state index >= 15 is 0 Å². The second-order valence-electron chi connectivity index (χ2n) is 12.8. The second-order valence-corrected chi connectivity index (χ2v) is 12.8. The van der Waals surface area contributed by atoms with Gasteiger partial charge < -0.3 is 39.4 Å². The zero-order chi connectivity index (χ0) is 29.7. The molecule has 2 aliphatic heterocycles. The molecule has 234 valence electrons. The molecule has 2 saturated carbocycles. The summed E-state index contributed by atoms with van der Waals surface area (Å²) in [5.41, 5.74) is 0.604. The summed E-state index contributed by atoms with van der Waals surface area (Å²) in [5, 5.41) is 6.88. The third kappa shape index (κ3) is 6.97. The van der Waals surface area contributed by atoms with E-state index in [2.05, 4.69) is 29.4 Å². The number of rotatable bonds is 14. The monoisotopic (exact) mass is 586 g/mol. The van der Waals surface area contributed by atoms with Crippen molar-refractivity contribution < 1.29 is 28.5 Å². The van der Waals surface area contributed by atoms with E-state index in [4.69, 9.17) is 18.9 Å². The van der Waals surface area contributed by atoms with E-state index in [9.17, 15) is 9.59 Å². The lowest BCUT2D eigenvalue weighted by atomic mass is 9.90. The van der Waals surface area contributed by atoms with Gasteiger partial charge in [-0.15, -0.1) is 0 Å². The molecular weight excluding hydrogens is 536 g/mol. The average molecular weight is 587 g/mol. The van der Waals surface area contributed by atoms with E-state index in [0.29, 0.717) is 48.8 Å². The normalized spacial score (nSPS) is 25.5. The number of carbonyl (C=O) groups is 2. The maximum Gasteiger partial charge on any atom is 0.317 e. The van der Waals surface area contributed by atoms with E-state index in [1.165, 1.54) is 0 Å². The second kappa shape index (κ2) is 13.8. The highest BCUT2D eigenvalue weighted by molar-refractivity contribution is 5.95. The molecule has 1 spiro atoms. The van der Waals surface area contributed by atoms with Gasteiger partial charge in [0.1, 0.15) is 0 Å². The molecule has 4 fully saturated rings. The topological polar surface area (TPSA) is 102 Å². The van der Waals surface area contributed by atoms with Crippen LogP contribution in [-0.2, 0) is 9.47 Å². The molecule has 0 radical (unpaired) electrons. The fourth-order valence-corrected chi connectivity index (χ4v) is 6.81. The maximum absolute atomic E-state index is 13.9. The number of carbonyl (C=O) groups excluding carboxylic acids is 2. The van der Waals surface area contributed by atoms with Gasteiger partial charge in [-0.1, -0.05) is 0 Å². The molecule has 5 rings (SSSR count). The van der Waals surface area contributed by atoms with Crippen molar-refractivity contribution in [3.05, 3.63) is 23.8 Å². The van der Waals surface area contributed by atoms with Gasteiger partial charge in [0.25, 0.3) is 5.91 Å². The first-order chi connectivity index (χ1) is 20.4. The summed E-state index contributed by atoms with van der Waals surface area (Å²) in [7, 11) is 3.27. The first-order valence-corrected chi connectivity index (χ1v) is 15.8. The van der Waals surface area contributed by atoms with Gasteiger partial charge in [-0.25, -0.2) is 4.79 Å². The molecule has 10 heteroatoms. The molecule has 1 aromatic rings. The smallest absolute Gasteiger partial charge is 0.317 e. The average Bonchev–Trinajstić information content (AvgIpc) is 3.92. The summed E-state index contributed by atoms with van der Waals surface area (Å²) >= 11 is 0. The SMILES string of the molecule is COCCCOc1cc(C(=O)N(C[C@@H]2CNCC23C[C@@H]3N(C(=O)NCC2CCOCC2)C2CC2)C(C)C)ccc1OC. The van der Waals surface area contributed by atoms with Crippen molar-refractivity contribution >= 4 is 11.9 Å². The number of ether oxygens (including phenoxy) is 4. The third-order valence-electron chi connectivity index (χ3n) is 9.59. The minimum atomic E-state index is -0.0121. The van der Waals surface area contributed by atoms with E-state index in [0.717, 1.165) is 71.4 Å². The molecule has 2 aliphatic carbocycles. The molecule has 4 aliphatic rings. The lowest BCUT2D eigenvalue weighted by molar-refractivity contribution is 0.0643. The molecule has 10 nitrogen and oxygen atoms in total. The highest BCUT2D eigenvalue weighted by Crippen LogP contribution is 2.58. The molecular formula is C32H50N4O6. The Hall–Kier alpha value is -2.56. The molecule has 2 N–H and O–H groups in total. The molecule has 1 unspecified atom stereocenters. The van der Waals surface area contributed by atoms with E-state index in [1.54, 1.807) is 26.4 Å². The van der Waals surface area contributed by atoms with Gasteiger partial charge >= 0.3 is 6.03 Å². The summed E-state index contributed by atoms with van der Waals surface area (Å²) in [4.78, 5) is 31.5. The summed E-state index contributed by atoms with van der Waals surface area (Å²) in [6.45, 7) is 9.93. The largest absolute Gasteiger partial charge is 0.493 e. The zero-order valence-corrected chi connectivity index (χ0v) is 25.9. The highest BCUT2D eigenvalue weighted by atomic mass is 16.5. The standard InChI is InChI=1S/C32H50N4O6/c1-22(2)35(30(37)24-6-9-27(40-4)28(16-24)42-13-5-12-39-3)20-25-19-33-21-32(25)17-29(32)36(26-7-8-26)31(38)34-18-23-10-14-41-15-11-23/h6,9,16,22-23,25-26,29,33H,5,7-8,10-15,17-21H2,1-4H3,(H,34,38)/t25-,29-,32?/m0/s1. The highest BCUT2D eigenvalue weighted by Gasteiger charge is 2.65. The first-order valence-electron chi connectivity index (χ1n) is 15.8. The van der Waals surface area contributed by atoms with Gasteiger partial charge in [0.15, 0.2) is 11.5 Å². The van der Waals surface area contributed by atoms with Crippen molar-refractivity contribution in [2.24, 2.45) is 17.3 Å². The number of benzene rings is 1. The summed E-state index contributed by atoms with van der Waals surface area (Å²) in [5.74, 6) is 1.94. The van der Waals surface area contributed by atoms with Crippen molar-refractivity contribution in [1.82, 2.24) is 20.4 Å². The molecule has 0 bridgehead atoms. The summed E-state index contributed by atoms with van der Waals surface area (Å²) in [6.07, 6.45) is 5.93. The van der Waals surface area contributed by atoms with Crippen LogP contribution in [0, 0.1) is 17.3 Å². The van der Waals surface area contributed by atoms with E-state index < -0.39 is 0 Å². The summed E-state index contributed by atoms with van der Waals surface area (Å²) < 4.78 is 22.0. The van der Waals surface area contributed by atoms with E-state index in [1.807, 2.05) is 11.0 Å². The van der Waals surface area contributed by atoms with Crippen LogP contribution in [0.25, 0.3) is 0 Å². The quantitative estimate of drug-likeness (QED) is 0.322. The molecule has 2 heterocycles. The number of urea groups is 1. The minimum Gasteiger partial charge on any atom is -0.493 e. The fourth-order valence-electron chi connectivity index (χ4n) is 6.81. The van der Waals surface area contributed by atoms with Gasteiger partial charge in [-0.3, -0.25) is 4.79 Å². The predicted octanol–water partition coefficient (Wildman–Crippen LogP) is 3.54. The van der Waals surface area contributed by atoms with Crippen LogP contribution in [0.4, 0.5) is 4.79 Å². The Labute approximate surface area is 250 Å². The number of hydrogen-bond acceptors (Lipinski definition) is 7. The van der Waals surface area contributed by atoms with Crippen LogP contribution >= 0.6 is 0 Å². The van der Waals surface area contributed by atoms with Crippen molar-refractivity contribution in [2.75, 3.05) is 66.8 Å². The Bertz CT molecular complexity index is 1080. The number of hydrogen-bond donors (Lipinski definition) is 2. The minimum absolute atomic E-state index is 0.0121. The van der Waals surface area contributed by atoms with Crippen LogP contribution in [-0.4, -0.2) is 107 Å². The van der Waals surface area contributed by atoms with Crippen molar-refractivity contribution in [2.45, 2.75) is 70.5 Å². The lowest BCUT2D eigenvalue weighted by Crippen LogP contribution is -2.48. The van der Waals surface area contributed by atoms with Crippen molar-refractivity contribution in [1.29, 1.82) is 0 Å². The Balaban J connectivity index is 1.25. The number of nitrogens with one attached hydrogen (secondary N) is 2. The van der Waals surface area contributed by atoms with Crippen LogP contribution in [0.15, 0.2) is 18.2 Å². The van der Waals surface area contributed by atoms with Crippen molar-refractivity contribution in [3.8, 4) is 11.5 Å². The molecule has 2 saturated heterocycles. The van der Waals surface area contributed by atoms with Crippen molar-refractivity contribution in [3.63, 3.8) is 0 Å². The predicted molar refractivity (Wildman–Crippen MR) is 160 cm³/mol. The zero-order valence-electron chi connectivity index (χ0n) is 25.9. The Morgan fingerprint density at radius 2 is 1.90 bits per heavy atom.